The van der Waals surface area contributed by atoms with E-state index in [2.05, 4.69) is 42.0 Å². The Morgan fingerprint density at radius 3 is 2.80 bits per heavy atom. The zero-order valence-electron chi connectivity index (χ0n) is 10.9. The van der Waals surface area contributed by atoms with Gasteiger partial charge in [-0.2, -0.15) is 9.47 Å². The molecule has 0 fully saturated rings. The van der Waals surface area contributed by atoms with Gasteiger partial charge in [-0.15, -0.1) is 0 Å². The van der Waals surface area contributed by atoms with Crippen LogP contribution in [0.1, 0.15) is 23.1 Å². The number of nitrogens with one attached hydrogen (secondary N) is 2. The van der Waals surface area contributed by atoms with Crippen molar-refractivity contribution >= 4 is 16.7 Å². The number of aryl methyl sites for hydroxylation is 1. The average molecular weight is 286 g/mol. The fourth-order valence-corrected chi connectivity index (χ4v) is 2.58. The Balaban J connectivity index is 1.80. The van der Waals surface area contributed by atoms with Crippen molar-refractivity contribution in [2.45, 2.75) is 12.8 Å². The number of anilines is 1. The Kier molecular flexibility index (Phi) is 3.69. The monoisotopic (exact) mass is 286 g/mol. The number of H-pyrrole nitrogens is 1. The van der Waals surface area contributed by atoms with Gasteiger partial charge < -0.3 is 5.32 Å². The van der Waals surface area contributed by atoms with Gasteiger partial charge in [-0.3, -0.25) is 5.10 Å². The Bertz CT molecular complexity index is 649. The van der Waals surface area contributed by atoms with Crippen LogP contribution < -0.4 is 5.32 Å². The Morgan fingerprint density at radius 1 is 1.30 bits per heavy atom. The molecule has 6 nitrogen and oxygen atoms in total. The molecule has 2 aromatic heterocycles. The van der Waals surface area contributed by atoms with E-state index < -0.39 is 0 Å². The maximum Gasteiger partial charge on any atom is 0.202 e. The number of aromatic nitrogens is 5. The van der Waals surface area contributed by atoms with Gasteiger partial charge in [0.15, 0.2) is 0 Å². The number of rotatable bonds is 5. The second-order valence-electron chi connectivity index (χ2n) is 4.36. The van der Waals surface area contributed by atoms with Gasteiger partial charge in [0.1, 0.15) is 18.0 Å². The summed E-state index contributed by atoms with van der Waals surface area (Å²) in [5, 5.41) is 11.0. The zero-order valence-corrected chi connectivity index (χ0v) is 11.8. The summed E-state index contributed by atoms with van der Waals surface area (Å²) < 4.78 is 4.16. The Labute approximate surface area is 120 Å². The van der Waals surface area contributed by atoms with Gasteiger partial charge in [-0.25, -0.2) is 9.97 Å². The highest BCUT2D eigenvalue weighted by molar-refractivity contribution is 7.09. The molecule has 102 valence electrons. The summed E-state index contributed by atoms with van der Waals surface area (Å²) in [5.74, 6) is 1.72. The molecule has 0 aliphatic heterocycles. The van der Waals surface area contributed by atoms with E-state index in [1.807, 2.05) is 25.1 Å². The third-order valence-corrected chi connectivity index (χ3v) is 3.71. The van der Waals surface area contributed by atoms with E-state index in [9.17, 15) is 0 Å². The summed E-state index contributed by atoms with van der Waals surface area (Å²) in [6.07, 6.45) is 1.53. The number of hydrogen-bond donors (Lipinski definition) is 2. The molecule has 0 amide bonds. The largest absolute Gasteiger partial charge is 0.359 e. The van der Waals surface area contributed by atoms with E-state index in [4.69, 9.17) is 0 Å². The van der Waals surface area contributed by atoms with Crippen LogP contribution in [0.3, 0.4) is 0 Å². The average Bonchev–Trinajstić information content (AvgIpc) is 3.12. The van der Waals surface area contributed by atoms with Gasteiger partial charge in [0.25, 0.3) is 0 Å². The van der Waals surface area contributed by atoms with Crippen LogP contribution in [-0.2, 0) is 0 Å². The molecule has 1 aromatic carbocycles. The van der Waals surface area contributed by atoms with Crippen LogP contribution in [0, 0.1) is 6.92 Å². The third kappa shape index (κ3) is 2.83. The highest BCUT2D eigenvalue weighted by atomic mass is 32.1. The van der Waals surface area contributed by atoms with Crippen molar-refractivity contribution in [2.24, 2.45) is 0 Å². The molecule has 0 bridgehead atoms. The van der Waals surface area contributed by atoms with E-state index in [0.717, 1.165) is 16.8 Å². The summed E-state index contributed by atoms with van der Waals surface area (Å²) in [7, 11) is 0. The molecule has 7 heteroatoms. The lowest BCUT2D eigenvalue weighted by Gasteiger charge is -2.15. The van der Waals surface area contributed by atoms with Crippen LogP contribution in [0.5, 0.6) is 0 Å². The lowest BCUT2D eigenvalue weighted by molar-refractivity contribution is 0.778. The Morgan fingerprint density at radius 2 is 2.15 bits per heavy atom. The van der Waals surface area contributed by atoms with Crippen molar-refractivity contribution < 1.29 is 0 Å². The van der Waals surface area contributed by atoms with Crippen molar-refractivity contribution in [3.63, 3.8) is 0 Å². The van der Waals surface area contributed by atoms with Crippen molar-refractivity contribution in [3.8, 4) is 0 Å². The molecule has 3 rings (SSSR count). The van der Waals surface area contributed by atoms with Crippen LogP contribution in [0.15, 0.2) is 36.7 Å². The summed E-state index contributed by atoms with van der Waals surface area (Å²) in [5.41, 5.74) is 1.18. The molecule has 0 aliphatic rings. The fraction of sp³-hybridized carbons (Fsp3) is 0.231. The molecule has 1 atom stereocenters. The first kappa shape index (κ1) is 12.7. The van der Waals surface area contributed by atoms with Crippen LogP contribution >= 0.6 is 11.5 Å². The van der Waals surface area contributed by atoms with Crippen molar-refractivity contribution in [3.05, 3.63) is 53.9 Å². The SMILES string of the molecule is Cc1nsc(NCC(c2ccccc2)c2ncn[nH]2)n1. The topological polar surface area (TPSA) is 79.4 Å². The molecule has 0 saturated carbocycles. The predicted octanol–water partition coefficient (Wildman–Crippen LogP) is 2.21. The highest BCUT2D eigenvalue weighted by Crippen LogP contribution is 2.22. The number of nitrogens with zero attached hydrogens (tertiary/aromatic N) is 4. The fourth-order valence-electron chi connectivity index (χ4n) is 2.00. The van der Waals surface area contributed by atoms with Crippen LogP contribution in [-0.4, -0.2) is 31.1 Å². The van der Waals surface area contributed by atoms with E-state index in [0.29, 0.717) is 6.54 Å². The van der Waals surface area contributed by atoms with Crippen molar-refractivity contribution in [2.75, 3.05) is 11.9 Å². The first-order valence-corrected chi connectivity index (χ1v) is 7.04. The summed E-state index contributed by atoms with van der Waals surface area (Å²) in [4.78, 5) is 8.58. The second-order valence-corrected chi connectivity index (χ2v) is 5.11. The first-order chi connectivity index (χ1) is 9.83. The van der Waals surface area contributed by atoms with Gasteiger partial charge in [0.2, 0.25) is 5.13 Å². The second kappa shape index (κ2) is 5.79. The molecular weight excluding hydrogens is 272 g/mol. The third-order valence-electron chi connectivity index (χ3n) is 2.95. The van der Waals surface area contributed by atoms with E-state index >= 15 is 0 Å². The minimum absolute atomic E-state index is 0.0999. The van der Waals surface area contributed by atoms with Gasteiger partial charge >= 0.3 is 0 Å². The van der Waals surface area contributed by atoms with Gasteiger partial charge in [-0.05, 0) is 12.5 Å². The molecule has 1 unspecified atom stereocenters. The normalized spacial score (nSPS) is 12.2. The molecule has 0 spiro atoms. The van der Waals surface area contributed by atoms with Gasteiger partial charge in [0, 0.05) is 18.1 Å². The molecule has 2 N–H and O–H groups in total. The molecule has 0 saturated heterocycles. The molecule has 2 heterocycles. The van der Waals surface area contributed by atoms with Crippen molar-refractivity contribution in [1.82, 2.24) is 24.5 Å². The van der Waals surface area contributed by atoms with E-state index in [1.165, 1.54) is 23.4 Å². The number of aromatic amines is 1. The maximum atomic E-state index is 4.31. The zero-order chi connectivity index (χ0) is 13.8. The quantitative estimate of drug-likeness (QED) is 0.751. The van der Waals surface area contributed by atoms with E-state index in [1.54, 1.807) is 0 Å². The Hall–Kier alpha value is -2.28. The van der Waals surface area contributed by atoms with Crippen molar-refractivity contribution in [1.29, 1.82) is 0 Å². The van der Waals surface area contributed by atoms with Gasteiger partial charge in [-0.1, -0.05) is 30.3 Å². The summed E-state index contributed by atoms with van der Waals surface area (Å²) in [6, 6.07) is 10.2. The molecule has 20 heavy (non-hydrogen) atoms. The predicted molar refractivity (Wildman–Crippen MR) is 77.8 cm³/mol. The summed E-state index contributed by atoms with van der Waals surface area (Å²) in [6.45, 7) is 2.57. The standard InChI is InChI=1S/C13H14N6S/c1-9-17-13(20-19-9)14-7-11(12-15-8-16-18-12)10-5-3-2-4-6-10/h2-6,8,11H,7H2,1H3,(H,14,17,19)(H,15,16,18). The van der Waals surface area contributed by atoms with Crippen LogP contribution in [0.2, 0.25) is 0 Å². The smallest absolute Gasteiger partial charge is 0.202 e. The minimum atomic E-state index is 0.0999. The number of benzene rings is 1. The summed E-state index contributed by atoms with van der Waals surface area (Å²) >= 11 is 1.37. The lowest BCUT2D eigenvalue weighted by atomic mass is 9.98. The molecular formula is C13H14N6S. The van der Waals surface area contributed by atoms with Crippen LogP contribution in [0.25, 0.3) is 0 Å². The van der Waals surface area contributed by atoms with E-state index in [-0.39, 0.29) is 5.92 Å². The lowest BCUT2D eigenvalue weighted by Crippen LogP contribution is -2.15. The number of hydrogen-bond acceptors (Lipinski definition) is 6. The molecule has 0 aliphatic carbocycles. The minimum Gasteiger partial charge on any atom is -0.359 e. The maximum absolute atomic E-state index is 4.31. The molecule has 0 radical (unpaired) electrons. The van der Waals surface area contributed by atoms with Gasteiger partial charge in [0.05, 0.1) is 5.92 Å². The van der Waals surface area contributed by atoms with Crippen LogP contribution in [0.4, 0.5) is 5.13 Å². The first-order valence-electron chi connectivity index (χ1n) is 6.27. The highest BCUT2D eigenvalue weighted by Gasteiger charge is 2.17. The molecule has 3 aromatic rings.